The van der Waals surface area contributed by atoms with Gasteiger partial charge in [0, 0.05) is 14.0 Å². The quantitative estimate of drug-likeness (QED) is 0.535. The van der Waals surface area contributed by atoms with Gasteiger partial charge in [-0.1, -0.05) is 4.48 Å². The Morgan fingerprint density at radius 2 is 2.10 bits per heavy atom. The fourth-order valence-electron chi connectivity index (χ4n) is 0.316. The third-order valence-corrected chi connectivity index (χ3v) is 0.903. The summed E-state index contributed by atoms with van der Waals surface area (Å²) in [6, 6.07) is 0. The van der Waals surface area contributed by atoms with Crippen LogP contribution in [-0.2, 0) is 9.59 Å². The molecule has 4 nitrogen and oxygen atoms in total. The normalized spacial score (nSPS) is 8.70. The van der Waals surface area contributed by atoms with Gasteiger partial charge >= 0.3 is 0 Å². The van der Waals surface area contributed by atoms with E-state index >= 15 is 0 Å². The van der Waals surface area contributed by atoms with Crippen molar-refractivity contribution in [2.45, 2.75) is 6.92 Å². The van der Waals surface area contributed by atoms with E-state index in [1.54, 1.807) is 0 Å². The summed E-state index contributed by atoms with van der Waals surface area (Å²) >= 11 is 0. The molecule has 0 spiro atoms. The summed E-state index contributed by atoms with van der Waals surface area (Å²) in [5.74, 6) is -1.30. The van der Waals surface area contributed by atoms with Gasteiger partial charge in [-0.25, -0.2) is 0 Å². The standard InChI is InChI=1S/C5H9FN2O2/c1-4(9)8(6)3-5(10)7-2/h3H2,1-2H3,(H,7,10). The average molecular weight is 148 g/mol. The van der Waals surface area contributed by atoms with Gasteiger partial charge in [-0.15, -0.1) is 0 Å². The predicted octanol–water partition coefficient (Wildman–Crippen LogP) is -0.535. The van der Waals surface area contributed by atoms with Crippen molar-refractivity contribution in [3.63, 3.8) is 0 Å². The Morgan fingerprint density at radius 1 is 1.60 bits per heavy atom. The Balaban J connectivity index is 3.68. The monoisotopic (exact) mass is 148 g/mol. The van der Waals surface area contributed by atoms with Crippen LogP contribution in [0.15, 0.2) is 0 Å². The van der Waals surface area contributed by atoms with Gasteiger partial charge in [-0.2, -0.15) is 5.12 Å². The molecule has 0 fully saturated rings. The topological polar surface area (TPSA) is 49.4 Å². The third kappa shape index (κ3) is 3.01. The number of amides is 2. The molecule has 0 rings (SSSR count). The van der Waals surface area contributed by atoms with E-state index in [0.29, 0.717) is 0 Å². The smallest absolute Gasteiger partial charge is 0.247 e. The van der Waals surface area contributed by atoms with Gasteiger partial charge in [0.2, 0.25) is 11.8 Å². The van der Waals surface area contributed by atoms with Crippen LogP contribution in [0.3, 0.4) is 0 Å². The molecule has 0 aliphatic carbocycles. The molecular formula is C5H9FN2O2. The molecule has 5 heteroatoms. The molecule has 0 radical (unpaired) electrons. The highest BCUT2D eigenvalue weighted by molar-refractivity contribution is 5.82. The summed E-state index contributed by atoms with van der Waals surface area (Å²) < 4.78 is 12.2. The zero-order valence-electron chi connectivity index (χ0n) is 5.85. The highest BCUT2D eigenvalue weighted by atomic mass is 19.2. The number of carbonyl (C=O) groups excluding carboxylic acids is 2. The number of rotatable bonds is 2. The second kappa shape index (κ2) is 3.81. The Kier molecular flexibility index (Phi) is 3.38. The third-order valence-electron chi connectivity index (χ3n) is 0.903. The van der Waals surface area contributed by atoms with Crippen molar-refractivity contribution in [1.82, 2.24) is 10.4 Å². The van der Waals surface area contributed by atoms with Crippen molar-refractivity contribution in [1.29, 1.82) is 0 Å². The van der Waals surface area contributed by atoms with E-state index in [4.69, 9.17) is 0 Å². The number of likely N-dealkylation sites (N-methyl/N-ethyl adjacent to an activating group) is 1. The Hall–Kier alpha value is -1.13. The van der Waals surface area contributed by atoms with Gasteiger partial charge in [0.1, 0.15) is 6.54 Å². The SMILES string of the molecule is CNC(=O)CN(F)C(C)=O. The molecule has 0 aromatic carbocycles. The molecule has 10 heavy (non-hydrogen) atoms. The summed E-state index contributed by atoms with van der Waals surface area (Å²) in [6.45, 7) is 0.509. The predicted molar refractivity (Wildman–Crippen MR) is 32.6 cm³/mol. The maximum Gasteiger partial charge on any atom is 0.247 e. The molecular weight excluding hydrogens is 139 g/mol. The lowest BCUT2D eigenvalue weighted by Gasteiger charge is -2.06. The molecule has 0 unspecified atom stereocenters. The molecule has 0 aromatic rings. The van der Waals surface area contributed by atoms with Crippen molar-refractivity contribution < 1.29 is 14.1 Å². The van der Waals surface area contributed by atoms with E-state index in [1.165, 1.54) is 7.05 Å². The molecule has 0 aliphatic heterocycles. The Labute approximate surface area is 57.9 Å². The molecule has 0 atom stereocenters. The lowest BCUT2D eigenvalue weighted by molar-refractivity contribution is -0.148. The minimum absolute atomic E-state index is 0.154. The van der Waals surface area contributed by atoms with Crippen LogP contribution in [0, 0.1) is 0 Å². The lowest BCUT2D eigenvalue weighted by Crippen LogP contribution is -2.33. The van der Waals surface area contributed by atoms with Gasteiger partial charge in [0.15, 0.2) is 0 Å². The first kappa shape index (κ1) is 8.87. The maximum atomic E-state index is 12.2. The van der Waals surface area contributed by atoms with E-state index < -0.39 is 18.4 Å². The van der Waals surface area contributed by atoms with Crippen LogP contribution < -0.4 is 5.32 Å². The number of hydrogen-bond donors (Lipinski definition) is 1. The summed E-state index contributed by atoms with van der Waals surface area (Å²) in [5.41, 5.74) is 0. The van der Waals surface area contributed by atoms with Crippen LogP contribution in [0.4, 0.5) is 4.48 Å². The first-order valence-corrected chi connectivity index (χ1v) is 2.72. The summed E-state index contributed by atoms with van der Waals surface area (Å²) in [4.78, 5) is 20.5. The lowest BCUT2D eigenvalue weighted by atomic mass is 10.5. The van der Waals surface area contributed by atoms with Crippen LogP contribution in [0.25, 0.3) is 0 Å². The maximum absolute atomic E-state index is 12.2. The van der Waals surface area contributed by atoms with Gasteiger partial charge in [-0.3, -0.25) is 9.59 Å². The Bertz CT molecular complexity index is 149. The van der Waals surface area contributed by atoms with Gasteiger partial charge < -0.3 is 5.32 Å². The average Bonchev–Trinajstić information content (AvgIpc) is 1.87. The van der Waals surface area contributed by atoms with Crippen LogP contribution >= 0.6 is 0 Å². The van der Waals surface area contributed by atoms with Gasteiger partial charge in [0.05, 0.1) is 0 Å². The zero-order valence-corrected chi connectivity index (χ0v) is 5.85. The van der Waals surface area contributed by atoms with Crippen molar-refractivity contribution in [2.24, 2.45) is 0 Å². The van der Waals surface area contributed by atoms with Crippen molar-refractivity contribution in [3.8, 4) is 0 Å². The Morgan fingerprint density at radius 3 is 2.40 bits per heavy atom. The first-order valence-electron chi connectivity index (χ1n) is 2.72. The summed E-state index contributed by atoms with van der Waals surface area (Å²) in [6.07, 6.45) is 0. The summed E-state index contributed by atoms with van der Waals surface area (Å²) in [5, 5.41) is 2.02. The second-order valence-corrected chi connectivity index (χ2v) is 1.71. The highest BCUT2D eigenvalue weighted by Crippen LogP contribution is 1.87. The molecule has 2 amide bonds. The minimum Gasteiger partial charge on any atom is -0.358 e. The van der Waals surface area contributed by atoms with E-state index in [9.17, 15) is 14.1 Å². The number of carbonyl (C=O) groups is 2. The minimum atomic E-state index is -0.774. The van der Waals surface area contributed by atoms with Crippen LogP contribution in [-0.4, -0.2) is 30.5 Å². The second-order valence-electron chi connectivity index (χ2n) is 1.71. The van der Waals surface area contributed by atoms with Crippen molar-refractivity contribution >= 4 is 11.8 Å². The van der Waals surface area contributed by atoms with Crippen LogP contribution in [0.5, 0.6) is 0 Å². The van der Waals surface area contributed by atoms with Crippen LogP contribution in [0.2, 0.25) is 0 Å². The van der Waals surface area contributed by atoms with Gasteiger partial charge in [-0.05, 0) is 0 Å². The summed E-state index contributed by atoms with van der Waals surface area (Å²) in [7, 11) is 1.37. The largest absolute Gasteiger partial charge is 0.358 e. The first-order chi connectivity index (χ1) is 4.57. The van der Waals surface area contributed by atoms with Crippen LogP contribution in [0.1, 0.15) is 6.92 Å². The molecule has 0 aliphatic rings. The number of nitrogens with one attached hydrogen (secondary N) is 1. The number of nitrogens with zero attached hydrogens (tertiary/aromatic N) is 1. The highest BCUT2D eigenvalue weighted by Gasteiger charge is 2.10. The zero-order chi connectivity index (χ0) is 8.15. The molecule has 58 valence electrons. The molecule has 0 saturated heterocycles. The van der Waals surface area contributed by atoms with Crippen molar-refractivity contribution in [2.75, 3.05) is 13.6 Å². The fraction of sp³-hybridized carbons (Fsp3) is 0.600. The van der Waals surface area contributed by atoms with E-state index in [1.807, 2.05) is 0 Å². The van der Waals surface area contributed by atoms with E-state index in [2.05, 4.69) is 5.32 Å². The molecule has 0 aromatic heterocycles. The van der Waals surface area contributed by atoms with E-state index in [0.717, 1.165) is 6.92 Å². The molecule has 0 saturated carbocycles. The molecule has 1 N–H and O–H groups in total. The molecule has 0 bridgehead atoms. The molecule has 0 heterocycles. The fourth-order valence-corrected chi connectivity index (χ4v) is 0.316. The van der Waals surface area contributed by atoms with Crippen molar-refractivity contribution in [3.05, 3.63) is 0 Å². The number of hydrogen-bond acceptors (Lipinski definition) is 2. The number of halogens is 1. The van der Waals surface area contributed by atoms with Gasteiger partial charge in [0.25, 0.3) is 0 Å². The van der Waals surface area contributed by atoms with E-state index in [-0.39, 0.29) is 5.12 Å².